The highest BCUT2D eigenvalue weighted by molar-refractivity contribution is 7.10. The van der Waals surface area contributed by atoms with Crippen molar-refractivity contribution >= 4 is 98.4 Å². The van der Waals surface area contributed by atoms with E-state index in [1.165, 1.54) is 23.5 Å². The number of hydrogen-bond acceptors (Lipinski definition) is 6. The summed E-state index contributed by atoms with van der Waals surface area (Å²) < 4.78 is 0. The van der Waals surface area contributed by atoms with Gasteiger partial charge >= 0.3 is 0 Å². The van der Waals surface area contributed by atoms with E-state index in [9.17, 15) is 24.5 Å². The van der Waals surface area contributed by atoms with E-state index < -0.39 is 40.4 Å². The Hall–Kier alpha value is -2.40. The molecule has 2 aliphatic heterocycles. The number of fused-ring (bicyclic) bond motifs is 1. The molecule has 0 N–H and O–H groups in total. The second kappa shape index (κ2) is 8.62. The lowest BCUT2D eigenvalue weighted by molar-refractivity contribution is -0.384. The van der Waals surface area contributed by atoms with Gasteiger partial charge in [0.2, 0.25) is 0 Å². The third kappa shape index (κ3) is 3.45. The molecule has 2 aliphatic rings. The van der Waals surface area contributed by atoms with Gasteiger partial charge in [0.1, 0.15) is 17.8 Å². The van der Waals surface area contributed by atoms with Crippen LogP contribution in [-0.2, 0) is 4.79 Å². The Kier molecular flexibility index (Phi) is 5.98. The standard InChI is InChI=1S/C21H8Cl5N3O5S/c22-7-3-4-8(9(6-7)29(33)34)27-17(10-2-1-5-35-10)18(21(27)32)28-19(30)11-12(20(28)31)14(24)16(26)15(25)13(11)23/h1-6,17-18H/t17-,18-/m0/s1. The number of β-lactam (4-membered cyclic amide) rings is 1. The maximum absolute atomic E-state index is 13.5. The molecular weight excluding hydrogens is 584 g/mol. The van der Waals surface area contributed by atoms with E-state index in [0.29, 0.717) is 4.88 Å². The number of nitro benzene ring substituents is 1. The Bertz CT molecular complexity index is 1430. The number of thiophene rings is 1. The van der Waals surface area contributed by atoms with Crippen molar-refractivity contribution < 1.29 is 19.3 Å². The first-order chi connectivity index (χ1) is 16.6. The summed E-state index contributed by atoms with van der Waals surface area (Å²) in [6.45, 7) is 0. The first-order valence-electron chi connectivity index (χ1n) is 9.60. The van der Waals surface area contributed by atoms with Crippen molar-refractivity contribution in [1.82, 2.24) is 4.90 Å². The summed E-state index contributed by atoms with van der Waals surface area (Å²) in [7, 11) is 0. The smallest absolute Gasteiger partial charge is 0.293 e. The number of carbonyl (C=O) groups excluding carboxylic acids is 3. The van der Waals surface area contributed by atoms with Crippen LogP contribution in [0.2, 0.25) is 25.1 Å². The van der Waals surface area contributed by atoms with Gasteiger partial charge in [0.05, 0.1) is 36.1 Å². The minimum atomic E-state index is -1.32. The van der Waals surface area contributed by atoms with Crippen molar-refractivity contribution in [2.24, 2.45) is 0 Å². The highest BCUT2D eigenvalue weighted by atomic mass is 35.5. The van der Waals surface area contributed by atoms with E-state index in [4.69, 9.17) is 58.0 Å². The quantitative estimate of drug-likeness (QED) is 0.0842. The summed E-state index contributed by atoms with van der Waals surface area (Å²) >= 11 is 31.8. The van der Waals surface area contributed by atoms with E-state index in [-0.39, 0.29) is 41.9 Å². The van der Waals surface area contributed by atoms with Crippen LogP contribution in [0.4, 0.5) is 11.4 Å². The Morgan fingerprint density at radius 3 is 1.94 bits per heavy atom. The van der Waals surface area contributed by atoms with Crippen LogP contribution < -0.4 is 4.90 Å². The van der Waals surface area contributed by atoms with Gasteiger partial charge in [0.15, 0.2) is 0 Å². The lowest BCUT2D eigenvalue weighted by Crippen LogP contribution is -2.67. The normalized spacial score (nSPS) is 19.3. The fraction of sp³-hybridized carbons (Fsp3) is 0.0952. The molecule has 5 rings (SSSR count). The maximum Gasteiger partial charge on any atom is 0.294 e. The number of imide groups is 1. The van der Waals surface area contributed by atoms with Crippen molar-refractivity contribution in [2.75, 3.05) is 4.90 Å². The third-order valence-electron chi connectivity index (χ3n) is 5.71. The molecule has 3 aromatic rings. The minimum Gasteiger partial charge on any atom is -0.293 e. The van der Waals surface area contributed by atoms with Crippen LogP contribution in [0.1, 0.15) is 31.6 Å². The average Bonchev–Trinajstić information content (AvgIpc) is 3.43. The molecule has 3 heterocycles. The summed E-state index contributed by atoms with van der Waals surface area (Å²) in [5.74, 6) is -2.46. The number of halogens is 5. The number of carbonyl (C=O) groups is 3. The van der Waals surface area contributed by atoms with Gasteiger partial charge < -0.3 is 0 Å². The number of nitro groups is 1. The summed E-state index contributed by atoms with van der Waals surface area (Å²) in [6.07, 6.45) is 0. The molecule has 8 nitrogen and oxygen atoms in total. The zero-order chi connectivity index (χ0) is 25.3. The monoisotopic (exact) mass is 589 g/mol. The topological polar surface area (TPSA) is 101 Å². The molecule has 2 aromatic carbocycles. The Morgan fingerprint density at radius 1 is 0.829 bits per heavy atom. The molecule has 0 saturated carbocycles. The van der Waals surface area contributed by atoms with E-state index in [1.807, 2.05) is 0 Å². The number of rotatable bonds is 4. The van der Waals surface area contributed by atoms with Crippen molar-refractivity contribution in [3.05, 3.63) is 86.9 Å². The first-order valence-corrected chi connectivity index (χ1v) is 12.4. The molecule has 0 bridgehead atoms. The van der Waals surface area contributed by atoms with Crippen LogP contribution in [0.5, 0.6) is 0 Å². The average molecular weight is 592 g/mol. The van der Waals surface area contributed by atoms with Crippen molar-refractivity contribution in [3.63, 3.8) is 0 Å². The molecule has 14 heteroatoms. The summed E-state index contributed by atoms with van der Waals surface area (Å²) in [5, 5.41) is 12.6. The molecule has 1 fully saturated rings. The molecule has 0 aliphatic carbocycles. The Morgan fingerprint density at radius 2 is 1.43 bits per heavy atom. The first kappa shape index (κ1) is 24.3. The largest absolute Gasteiger partial charge is 0.294 e. The zero-order valence-electron chi connectivity index (χ0n) is 16.8. The molecular formula is C21H8Cl5N3O5S. The molecule has 0 unspecified atom stereocenters. The van der Waals surface area contributed by atoms with Crippen molar-refractivity contribution in [3.8, 4) is 0 Å². The van der Waals surface area contributed by atoms with Crippen LogP contribution in [0, 0.1) is 10.1 Å². The number of anilines is 1. The van der Waals surface area contributed by atoms with E-state index >= 15 is 0 Å². The van der Waals surface area contributed by atoms with Gasteiger partial charge in [-0.3, -0.25) is 34.3 Å². The van der Waals surface area contributed by atoms with E-state index in [1.54, 1.807) is 17.5 Å². The predicted molar refractivity (Wildman–Crippen MR) is 133 cm³/mol. The molecule has 0 radical (unpaired) electrons. The van der Waals surface area contributed by atoms with E-state index in [0.717, 1.165) is 15.9 Å². The van der Waals surface area contributed by atoms with E-state index in [2.05, 4.69) is 0 Å². The minimum absolute atomic E-state index is 0.0298. The zero-order valence-corrected chi connectivity index (χ0v) is 21.4. The van der Waals surface area contributed by atoms with Gasteiger partial charge in [-0.15, -0.1) is 11.3 Å². The summed E-state index contributed by atoms with van der Waals surface area (Å²) in [4.78, 5) is 53.7. The molecule has 178 valence electrons. The van der Waals surface area contributed by atoms with Gasteiger partial charge in [-0.1, -0.05) is 64.1 Å². The fourth-order valence-electron chi connectivity index (χ4n) is 4.20. The van der Waals surface area contributed by atoms with Crippen molar-refractivity contribution in [1.29, 1.82) is 0 Å². The summed E-state index contributed by atoms with van der Waals surface area (Å²) in [5.41, 5.74) is -0.954. The summed E-state index contributed by atoms with van der Waals surface area (Å²) in [6, 6.07) is 5.04. The lowest BCUT2D eigenvalue weighted by atomic mass is 9.90. The van der Waals surface area contributed by atoms with Crippen molar-refractivity contribution in [2.45, 2.75) is 12.1 Å². The van der Waals surface area contributed by atoms with Gasteiger partial charge in [-0.05, 0) is 23.6 Å². The number of nitrogens with zero attached hydrogens (tertiary/aromatic N) is 3. The van der Waals surface area contributed by atoms with Crippen LogP contribution >= 0.6 is 69.3 Å². The molecule has 1 saturated heterocycles. The molecule has 2 atom stereocenters. The highest BCUT2D eigenvalue weighted by Crippen LogP contribution is 2.51. The molecule has 3 amide bonds. The second-order valence-corrected chi connectivity index (χ2v) is 10.4. The fourth-order valence-corrected chi connectivity index (χ4v) is 6.23. The predicted octanol–water partition coefficient (Wildman–Crippen LogP) is 6.68. The van der Waals surface area contributed by atoms with Crippen LogP contribution in [0.3, 0.4) is 0 Å². The Balaban J connectivity index is 1.64. The molecule has 0 spiro atoms. The lowest BCUT2D eigenvalue weighted by Gasteiger charge is -2.48. The number of amides is 3. The van der Waals surface area contributed by atoms with Crippen LogP contribution in [-0.4, -0.2) is 33.6 Å². The third-order valence-corrected chi connectivity index (χ3v) is 8.69. The highest BCUT2D eigenvalue weighted by Gasteiger charge is 2.59. The second-order valence-electron chi connectivity index (χ2n) is 7.49. The van der Waals surface area contributed by atoms with Gasteiger partial charge in [0.25, 0.3) is 23.4 Å². The molecule has 1 aromatic heterocycles. The van der Waals surface area contributed by atoms with Crippen LogP contribution in [0.15, 0.2) is 35.7 Å². The number of benzene rings is 2. The van der Waals surface area contributed by atoms with Gasteiger partial charge in [-0.2, -0.15) is 0 Å². The maximum atomic E-state index is 13.5. The van der Waals surface area contributed by atoms with Gasteiger partial charge in [-0.25, -0.2) is 0 Å². The van der Waals surface area contributed by atoms with Gasteiger partial charge in [0, 0.05) is 16.0 Å². The number of hydrogen-bond donors (Lipinski definition) is 0. The van der Waals surface area contributed by atoms with Crippen LogP contribution in [0.25, 0.3) is 0 Å². The SMILES string of the molecule is O=C1c2c(Cl)c(Cl)c(Cl)c(Cl)c2C(=O)N1[C@@H]1C(=O)N(c2ccc(Cl)cc2[N+](=O)[O-])[C@H]1c1cccs1. The Labute approximate surface area is 225 Å². The molecule has 35 heavy (non-hydrogen) atoms.